The van der Waals surface area contributed by atoms with Crippen LogP contribution in [0.2, 0.25) is 0 Å². The Morgan fingerprint density at radius 1 is 1.17 bits per heavy atom. The second-order valence-corrected chi connectivity index (χ2v) is 7.24. The van der Waals surface area contributed by atoms with Crippen molar-refractivity contribution in [1.82, 2.24) is 4.98 Å². The lowest BCUT2D eigenvalue weighted by Crippen LogP contribution is -2.41. The Morgan fingerprint density at radius 2 is 1.87 bits per heavy atom. The minimum Gasteiger partial charge on any atom is -0.400 e. The van der Waals surface area contributed by atoms with Crippen molar-refractivity contribution in [2.45, 2.75) is 38.9 Å². The first kappa shape index (κ1) is 16.6. The van der Waals surface area contributed by atoms with Gasteiger partial charge in [0.25, 0.3) is 0 Å². The number of nitrogens with zero attached hydrogens (tertiary/aromatic N) is 1. The molecule has 120 valence electrons. The van der Waals surface area contributed by atoms with Gasteiger partial charge in [-0.3, -0.25) is 4.98 Å². The number of fused-ring (bicyclic) bond motifs is 1. The highest BCUT2D eigenvalue weighted by Crippen LogP contribution is 2.39. The average molecular weight is 327 g/mol. The summed E-state index contributed by atoms with van der Waals surface area (Å²) in [6.45, 7) is 8.24. The second kappa shape index (κ2) is 5.97. The third-order valence-electron chi connectivity index (χ3n) is 4.72. The number of benzene rings is 1. The van der Waals surface area contributed by atoms with Crippen molar-refractivity contribution in [3.05, 3.63) is 47.6 Å². The monoisotopic (exact) mass is 327 g/mol. The fraction of sp³-hybridized carbons (Fsp3) is 0.389. The Hall–Kier alpha value is -1.30. The van der Waals surface area contributed by atoms with Gasteiger partial charge in [-0.25, -0.2) is 0 Å². The number of hydrogen-bond donors (Lipinski definition) is 1. The Kier molecular flexibility index (Phi) is 4.30. The van der Waals surface area contributed by atoms with Gasteiger partial charge in [-0.15, -0.1) is 0 Å². The Morgan fingerprint density at radius 3 is 2.52 bits per heavy atom. The lowest BCUT2D eigenvalue weighted by Gasteiger charge is -2.32. The number of hydrogen-bond acceptors (Lipinski definition) is 4. The molecular weight excluding hydrogens is 305 g/mol. The van der Waals surface area contributed by atoms with Crippen molar-refractivity contribution in [3.8, 4) is 0 Å². The van der Waals surface area contributed by atoms with Gasteiger partial charge in [-0.1, -0.05) is 18.2 Å². The largest absolute Gasteiger partial charge is 0.491 e. The van der Waals surface area contributed by atoms with Crippen LogP contribution in [0.3, 0.4) is 0 Å². The summed E-state index contributed by atoms with van der Waals surface area (Å²) in [5.74, 6) is 0.585. The van der Waals surface area contributed by atoms with Crippen molar-refractivity contribution in [2.75, 3.05) is 5.75 Å². The molecule has 0 aliphatic carbocycles. The van der Waals surface area contributed by atoms with E-state index in [2.05, 4.69) is 69.6 Å². The summed E-state index contributed by atoms with van der Waals surface area (Å²) in [5.41, 5.74) is 2.44. The number of rotatable bonds is 3. The van der Waals surface area contributed by atoms with Gasteiger partial charge >= 0.3 is 7.12 Å². The SMILES string of the molecule is CC1(C)OB(C(=Cc2ccc3ncccc3c2)CS)OC1(C)C. The van der Waals surface area contributed by atoms with Gasteiger partial charge in [-0.2, -0.15) is 12.6 Å². The van der Waals surface area contributed by atoms with Crippen molar-refractivity contribution >= 4 is 36.7 Å². The van der Waals surface area contributed by atoms with Crippen LogP contribution < -0.4 is 0 Å². The fourth-order valence-electron chi connectivity index (χ4n) is 2.58. The summed E-state index contributed by atoms with van der Waals surface area (Å²) in [7, 11) is -0.359. The van der Waals surface area contributed by atoms with Crippen molar-refractivity contribution in [2.24, 2.45) is 0 Å². The molecule has 1 aromatic heterocycles. The number of pyridine rings is 1. The molecule has 1 aliphatic heterocycles. The van der Waals surface area contributed by atoms with Crippen molar-refractivity contribution < 1.29 is 9.31 Å². The molecule has 0 saturated carbocycles. The first-order valence-corrected chi connectivity index (χ1v) is 8.47. The molecule has 5 heteroatoms. The molecule has 0 atom stereocenters. The summed E-state index contributed by atoms with van der Waals surface area (Å²) in [6.07, 6.45) is 3.91. The van der Waals surface area contributed by atoms with Gasteiger partial charge in [-0.05, 0) is 56.9 Å². The van der Waals surface area contributed by atoms with Crippen LogP contribution in [-0.2, 0) is 9.31 Å². The minimum atomic E-state index is -0.359. The molecule has 2 heterocycles. The van der Waals surface area contributed by atoms with E-state index in [9.17, 15) is 0 Å². The Labute approximate surface area is 143 Å². The van der Waals surface area contributed by atoms with Crippen LogP contribution in [0.15, 0.2) is 42.0 Å². The predicted molar refractivity (Wildman–Crippen MR) is 99.7 cm³/mol. The number of aromatic nitrogens is 1. The normalized spacial score (nSPS) is 20.2. The van der Waals surface area contributed by atoms with Gasteiger partial charge in [0.15, 0.2) is 0 Å². The molecule has 1 saturated heterocycles. The van der Waals surface area contributed by atoms with Crippen LogP contribution in [0.1, 0.15) is 33.3 Å². The van der Waals surface area contributed by atoms with E-state index in [0.717, 1.165) is 21.9 Å². The van der Waals surface area contributed by atoms with Crippen LogP contribution in [0.5, 0.6) is 0 Å². The van der Waals surface area contributed by atoms with Crippen molar-refractivity contribution in [3.63, 3.8) is 0 Å². The van der Waals surface area contributed by atoms with E-state index in [1.54, 1.807) is 6.20 Å². The van der Waals surface area contributed by atoms with Crippen LogP contribution in [0.4, 0.5) is 0 Å². The van der Waals surface area contributed by atoms with E-state index in [1.165, 1.54) is 0 Å². The molecule has 0 unspecified atom stereocenters. The van der Waals surface area contributed by atoms with Gasteiger partial charge in [0.1, 0.15) is 0 Å². The van der Waals surface area contributed by atoms with E-state index in [4.69, 9.17) is 9.31 Å². The zero-order valence-corrected chi connectivity index (χ0v) is 14.9. The molecule has 3 nitrogen and oxygen atoms in total. The standard InChI is InChI=1S/C18H22BNO2S/c1-17(2)18(3,4)22-19(21-17)15(12-23)11-13-7-8-16-14(10-13)6-5-9-20-16/h5-11,23H,12H2,1-4H3. The van der Waals surface area contributed by atoms with E-state index in [0.29, 0.717) is 5.75 Å². The lowest BCUT2D eigenvalue weighted by molar-refractivity contribution is 0.00578. The van der Waals surface area contributed by atoms with E-state index in [1.807, 2.05) is 12.1 Å². The second-order valence-electron chi connectivity index (χ2n) is 6.92. The summed E-state index contributed by atoms with van der Waals surface area (Å²) in [6, 6.07) is 10.2. The number of thiol groups is 1. The summed E-state index contributed by atoms with van der Waals surface area (Å²) >= 11 is 4.47. The molecule has 0 radical (unpaired) electrons. The summed E-state index contributed by atoms with van der Waals surface area (Å²) < 4.78 is 12.3. The highest BCUT2D eigenvalue weighted by atomic mass is 32.1. The smallest absolute Gasteiger partial charge is 0.400 e. The highest BCUT2D eigenvalue weighted by Gasteiger charge is 2.52. The molecule has 0 N–H and O–H groups in total. The zero-order chi connectivity index (χ0) is 16.7. The molecule has 0 amide bonds. The summed E-state index contributed by atoms with van der Waals surface area (Å²) in [4.78, 5) is 4.35. The van der Waals surface area contributed by atoms with Crippen LogP contribution in [0.25, 0.3) is 17.0 Å². The molecule has 1 aromatic carbocycles. The molecule has 0 spiro atoms. The van der Waals surface area contributed by atoms with Gasteiger partial charge in [0, 0.05) is 17.3 Å². The molecule has 0 bridgehead atoms. The zero-order valence-electron chi connectivity index (χ0n) is 14.0. The maximum atomic E-state index is 6.13. The lowest BCUT2D eigenvalue weighted by atomic mass is 9.78. The van der Waals surface area contributed by atoms with E-state index in [-0.39, 0.29) is 18.3 Å². The van der Waals surface area contributed by atoms with Crippen LogP contribution in [0, 0.1) is 0 Å². The predicted octanol–water partition coefficient (Wildman–Crippen LogP) is 4.18. The maximum absolute atomic E-state index is 6.13. The van der Waals surface area contributed by atoms with E-state index >= 15 is 0 Å². The molecule has 3 rings (SSSR count). The average Bonchev–Trinajstić information content (AvgIpc) is 2.72. The molecule has 23 heavy (non-hydrogen) atoms. The summed E-state index contributed by atoms with van der Waals surface area (Å²) in [5, 5.41) is 1.12. The van der Waals surface area contributed by atoms with Gasteiger partial charge in [0.05, 0.1) is 16.7 Å². The van der Waals surface area contributed by atoms with Gasteiger partial charge < -0.3 is 9.31 Å². The topological polar surface area (TPSA) is 31.4 Å². The molecule has 1 aliphatic rings. The third kappa shape index (κ3) is 3.18. The first-order valence-electron chi connectivity index (χ1n) is 7.84. The van der Waals surface area contributed by atoms with E-state index < -0.39 is 0 Å². The van der Waals surface area contributed by atoms with Crippen LogP contribution in [-0.4, -0.2) is 29.1 Å². The minimum absolute atomic E-state index is 0.340. The molecule has 1 fully saturated rings. The van der Waals surface area contributed by atoms with Crippen molar-refractivity contribution in [1.29, 1.82) is 0 Å². The fourth-order valence-corrected chi connectivity index (χ4v) is 2.82. The highest BCUT2D eigenvalue weighted by molar-refractivity contribution is 7.80. The van der Waals surface area contributed by atoms with Crippen LogP contribution >= 0.6 is 12.6 Å². The Bertz CT molecular complexity index is 742. The third-order valence-corrected chi connectivity index (χ3v) is 5.08. The molecular formula is C18H22BNO2S. The quantitative estimate of drug-likeness (QED) is 0.678. The first-order chi connectivity index (χ1) is 10.8. The Balaban J connectivity index is 1.92. The maximum Gasteiger partial charge on any atom is 0.491 e. The van der Waals surface area contributed by atoms with Gasteiger partial charge in [0.2, 0.25) is 0 Å². The molecule has 2 aromatic rings.